The van der Waals surface area contributed by atoms with Gasteiger partial charge in [0, 0.05) is 0 Å². The van der Waals surface area contributed by atoms with E-state index in [2.05, 4.69) is 19.1 Å². The first-order valence-electron chi connectivity index (χ1n) is 9.67. The SMILES string of the molecule is CCCCCCCCCCCC[C@@]1(C(N)=O)C[C@H]2C=C[C@H]1C2. The lowest BCUT2D eigenvalue weighted by molar-refractivity contribution is -0.129. The standard InChI is InChI=1S/C20H35NO/c1-2-3-4-5-6-7-8-9-10-11-14-20(19(21)22)16-17-12-13-18(20)15-17/h12-13,17-18H,2-11,14-16H2,1H3,(H2,21,22)/t17-,18-,20+/m0/s1. The van der Waals surface area contributed by atoms with Crippen molar-refractivity contribution in [3.05, 3.63) is 12.2 Å². The smallest absolute Gasteiger partial charge is 0.224 e. The fraction of sp³-hybridized carbons (Fsp3) is 0.850. The molecule has 1 fully saturated rings. The molecular formula is C20H35NO. The van der Waals surface area contributed by atoms with Crippen molar-refractivity contribution in [1.29, 1.82) is 0 Å². The van der Waals surface area contributed by atoms with Crippen molar-refractivity contribution in [2.75, 3.05) is 0 Å². The minimum absolute atomic E-state index is 0.0414. The van der Waals surface area contributed by atoms with Crippen molar-refractivity contribution in [2.45, 2.75) is 90.4 Å². The van der Waals surface area contributed by atoms with Crippen LogP contribution >= 0.6 is 0 Å². The van der Waals surface area contributed by atoms with E-state index in [0.29, 0.717) is 11.8 Å². The quantitative estimate of drug-likeness (QED) is 0.382. The number of amides is 1. The molecule has 2 bridgehead atoms. The normalized spacial score (nSPS) is 29.3. The number of carbonyl (C=O) groups excluding carboxylic acids is 1. The maximum absolute atomic E-state index is 12.0. The molecular weight excluding hydrogens is 270 g/mol. The van der Waals surface area contributed by atoms with Crippen LogP contribution in [-0.4, -0.2) is 5.91 Å². The lowest BCUT2D eigenvalue weighted by atomic mass is 9.71. The van der Waals surface area contributed by atoms with Crippen LogP contribution in [0.3, 0.4) is 0 Å². The van der Waals surface area contributed by atoms with Gasteiger partial charge in [0.2, 0.25) is 5.91 Å². The zero-order valence-corrected chi connectivity index (χ0v) is 14.5. The largest absolute Gasteiger partial charge is 0.369 e. The molecule has 0 spiro atoms. The second-order valence-corrected chi connectivity index (χ2v) is 7.64. The summed E-state index contributed by atoms with van der Waals surface area (Å²) in [6.07, 6.45) is 21.2. The molecule has 0 aliphatic heterocycles. The van der Waals surface area contributed by atoms with Gasteiger partial charge in [-0.2, -0.15) is 0 Å². The molecule has 0 saturated heterocycles. The van der Waals surface area contributed by atoms with Crippen LogP contribution in [0.1, 0.15) is 90.4 Å². The topological polar surface area (TPSA) is 43.1 Å². The molecule has 1 saturated carbocycles. The van der Waals surface area contributed by atoms with E-state index in [1.807, 2.05) is 0 Å². The highest BCUT2D eigenvalue weighted by atomic mass is 16.1. The number of nitrogens with two attached hydrogens (primary N) is 1. The van der Waals surface area contributed by atoms with E-state index in [-0.39, 0.29) is 11.3 Å². The van der Waals surface area contributed by atoms with Crippen LogP contribution in [0.5, 0.6) is 0 Å². The van der Waals surface area contributed by atoms with Crippen molar-refractivity contribution in [3.63, 3.8) is 0 Å². The summed E-state index contributed by atoms with van der Waals surface area (Å²) in [6, 6.07) is 0. The summed E-state index contributed by atoms with van der Waals surface area (Å²) in [4.78, 5) is 12.0. The number of carbonyl (C=O) groups is 1. The summed E-state index contributed by atoms with van der Waals surface area (Å²) in [5.74, 6) is 1.02. The fourth-order valence-corrected chi connectivity index (χ4v) is 4.58. The van der Waals surface area contributed by atoms with Crippen molar-refractivity contribution < 1.29 is 4.79 Å². The third kappa shape index (κ3) is 4.36. The number of hydrogen-bond acceptors (Lipinski definition) is 1. The van der Waals surface area contributed by atoms with Crippen LogP contribution in [0.25, 0.3) is 0 Å². The second kappa shape index (κ2) is 8.74. The Bertz CT molecular complexity index is 376. The summed E-state index contributed by atoms with van der Waals surface area (Å²) < 4.78 is 0. The van der Waals surface area contributed by atoms with E-state index in [1.165, 1.54) is 70.6 Å². The van der Waals surface area contributed by atoms with Gasteiger partial charge in [-0.1, -0.05) is 83.3 Å². The van der Waals surface area contributed by atoms with Gasteiger partial charge in [0.25, 0.3) is 0 Å². The van der Waals surface area contributed by atoms with Gasteiger partial charge < -0.3 is 5.73 Å². The van der Waals surface area contributed by atoms with Crippen molar-refractivity contribution in [2.24, 2.45) is 23.0 Å². The molecule has 0 radical (unpaired) electrons. The van der Waals surface area contributed by atoms with E-state index in [4.69, 9.17) is 5.73 Å². The molecule has 1 amide bonds. The van der Waals surface area contributed by atoms with Gasteiger partial charge in [0.05, 0.1) is 5.41 Å². The van der Waals surface area contributed by atoms with E-state index in [0.717, 1.165) is 12.8 Å². The van der Waals surface area contributed by atoms with Crippen LogP contribution in [0.4, 0.5) is 0 Å². The highest BCUT2D eigenvalue weighted by Gasteiger charge is 2.51. The predicted octanol–water partition coefficient (Wildman–Crippen LogP) is 5.37. The van der Waals surface area contributed by atoms with Crippen molar-refractivity contribution >= 4 is 5.91 Å². The van der Waals surface area contributed by atoms with E-state index in [1.54, 1.807) is 0 Å². The number of primary amides is 1. The minimum atomic E-state index is -0.195. The van der Waals surface area contributed by atoms with Crippen LogP contribution in [0.2, 0.25) is 0 Å². The van der Waals surface area contributed by atoms with Gasteiger partial charge in [0.1, 0.15) is 0 Å². The molecule has 0 aromatic heterocycles. The summed E-state index contributed by atoms with van der Waals surface area (Å²) in [6.45, 7) is 2.27. The van der Waals surface area contributed by atoms with Crippen molar-refractivity contribution in [1.82, 2.24) is 0 Å². The Morgan fingerprint density at radius 3 is 2.05 bits per heavy atom. The van der Waals surface area contributed by atoms with Crippen LogP contribution in [0, 0.1) is 17.3 Å². The summed E-state index contributed by atoms with van der Waals surface area (Å²) in [5, 5.41) is 0. The fourth-order valence-electron chi connectivity index (χ4n) is 4.58. The molecule has 2 aliphatic carbocycles. The molecule has 126 valence electrons. The monoisotopic (exact) mass is 305 g/mol. The number of fused-ring (bicyclic) bond motifs is 2. The minimum Gasteiger partial charge on any atom is -0.369 e. The maximum atomic E-state index is 12.0. The summed E-state index contributed by atoms with van der Waals surface area (Å²) in [5.41, 5.74) is 5.57. The lowest BCUT2D eigenvalue weighted by Gasteiger charge is -2.32. The molecule has 2 nitrogen and oxygen atoms in total. The van der Waals surface area contributed by atoms with E-state index in [9.17, 15) is 4.79 Å². The van der Waals surface area contributed by atoms with Gasteiger partial charge in [-0.15, -0.1) is 0 Å². The van der Waals surface area contributed by atoms with E-state index < -0.39 is 0 Å². The van der Waals surface area contributed by atoms with Gasteiger partial charge in [-0.25, -0.2) is 0 Å². The Morgan fingerprint density at radius 2 is 1.59 bits per heavy atom. The van der Waals surface area contributed by atoms with Gasteiger partial charge in [-0.3, -0.25) is 4.79 Å². The third-order valence-corrected chi connectivity index (χ3v) is 5.98. The first-order chi connectivity index (χ1) is 10.7. The number of rotatable bonds is 12. The number of hydrogen-bond donors (Lipinski definition) is 1. The number of allylic oxidation sites excluding steroid dienone is 2. The van der Waals surface area contributed by atoms with Crippen LogP contribution in [-0.2, 0) is 4.79 Å². The zero-order valence-electron chi connectivity index (χ0n) is 14.5. The Morgan fingerprint density at radius 1 is 1.00 bits per heavy atom. The average molecular weight is 306 g/mol. The van der Waals surface area contributed by atoms with Gasteiger partial charge in [-0.05, 0) is 31.1 Å². The van der Waals surface area contributed by atoms with Crippen molar-refractivity contribution in [3.8, 4) is 0 Å². The molecule has 2 heteroatoms. The molecule has 22 heavy (non-hydrogen) atoms. The Balaban J connectivity index is 1.54. The predicted molar refractivity (Wildman–Crippen MR) is 93.4 cm³/mol. The Labute approximate surface area is 136 Å². The molecule has 0 aromatic rings. The Hall–Kier alpha value is -0.790. The molecule has 2 N–H and O–H groups in total. The second-order valence-electron chi connectivity index (χ2n) is 7.64. The molecule has 2 aliphatic rings. The summed E-state index contributed by atoms with van der Waals surface area (Å²) in [7, 11) is 0. The first kappa shape index (κ1) is 17.6. The molecule has 2 rings (SSSR count). The van der Waals surface area contributed by atoms with Gasteiger partial charge in [0.15, 0.2) is 0 Å². The van der Waals surface area contributed by atoms with E-state index >= 15 is 0 Å². The summed E-state index contributed by atoms with van der Waals surface area (Å²) >= 11 is 0. The highest BCUT2D eigenvalue weighted by Crippen LogP contribution is 2.54. The van der Waals surface area contributed by atoms with Crippen LogP contribution < -0.4 is 5.73 Å². The Kier molecular flexibility index (Phi) is 6.98. The average Bonchev–Trinajstić information content (AvgIpc) is 3.10. The molecule has 0 aromatic carbocycles. The van der Waals surface area contributed by atoms with Gasteiger partial charge >= 0.3 is 0 Å². The highest BCUT2D eigenvalue weighted by molar-refractivity contribution is 5.82. The zero-order chi connectivity index (χ0) is 15.8. The van der Waals surface area contributed by atoms with Crippen LogP contribution in [0.15, 0.2) is 12.2 Å². The molecule has 3 atom stereocenters. The molecule has 0 unspecified atom stereocenters. The maximum Gasteiger partial charge on any atom is 0.224 e. The number of unbranched alkanes of at least 4 members (excludes halogenated alkanes) is 9. The first-order valence-corrected chi connectivity index (χ1v) is 9.67. The lowest BCUT2D eigenvalue weighted by Crippen LogP contribution is -2.40. The third-order valence-electron chi connectivity index (χ3n) is 5.98. The molecule has 0 heterocycles.